The zero-order valence-corrected chi connectivity index (χ0v) is 13.5. The third-order valence-corrected chi connectivity index (χ3v) is 4.07. The minimum atomic E-state index is -0.426. The molecule has 122 valence electrons. The number of hydrogen-bond acceptors (Lipinski definition) is 4. The summed E-state index contributed by atoms with van der Waals surface area (Å²) in [6.45, 7) is 7.47. The number of amides is 3. The maximum absolute atomic E-state index is 12.0. The van der Waals surface area contributed by atoms with E-state index in [9.17, 15) is 9.59 Å². The number of urea groups is 1. The molecule has 1 aliphatic rings. The van der Waals surface area contributed by atoms with Crippen LogP contribution in [0.15, 0.2) is 0 Å². The smallest absolute Gasteiger partial charge is 0.321 e. The monoisotopic (exact) mass is 298 g/mol. The van der Waals surface area contributed by atoms with E-state index in [0.29, 0.717) is 18.5 Å². The van der Waals surface area contributed by atoms with Gasteiger partial charge in [0, 0.05) is 12.1 Å². The second-order valence-electron chi connectivity index (χ2n) is 6.09. The van der Waals surface area contributed by atoms with Gasteiger partial charge in [-0.25, -0.2) is 4.79 Å². The van der Waals surface area contributed by atoms with E-state index in [1.54, 1.807) is 0 Å². The van der Waals surface area contributed by atoms with Crippen LogP contribution in [0.3, 0.4) is 0 Å². The standard InChI is InChI=1S/C15H30N4O2/c1-4-19(13-8-6-5-7-12(13)9-16)10-14(20)18-15(21)17-11(2)3/h11-13H,4-10,16H2,1-3H3,(H2,17,18,20,21). The number of rotatable bonds is 6. The van der Waals surface area contributed by atoms with E-state index in [2.05, 4.69) is 15.5 Å². The van der Waals surface area contributed by atoms with E-state index in [-0.39, 0.29) is 18.5 Å². The molecule has 0 aromatic heterocycles. The van der Waals surface area contributed by atoms with E-state index in [4.69, 9.17) is 5.73 Å². The van der Waals surface area contributed by atoms with Crippen LogP contribution >= 0.6 is 0 Å². The highest BCUT2D eigenvalue weighted by atomic mass is 16.2. The van der Waals surface area contributed by atoms with Crippen LogP contribution in [0.25, 0.3) is 0 Å². The van der Waals surface area contributed by atoms with Crippen molar-refractivity contribution in [3.8, 4) is 0 Å². The van der Waals surface area contributed by atoms with Gasteiger partial charge in [-0.2, -0.15) is 0 Å². The molecule has 0 aromatic rings. The summed E-state index contributed by atoms with van der Waals surface area (Å²) in [5.74, 6) is 0.201. The SMILES string of the molecule is CCN(CC(=O)NC(=O)NC(C)C)C1CCCCC1CN. The van der Waals surface area contributed by atoms with Crippen molar-refractivity contribution in [2.45, 2.75) is 58.5 Å². The molecule has 3 amide bonds. The molecule has 21 heavy (non-hydrogen) atoms. The fourth-order valence-electron chi connectivity index (χ4n) is 3.06. The van der Waals surface area contributed by atoms with Crippen LogP contribution in [0.4, 0.5) is 4.79 Å². The highest BCUT2D eigenvalue weighted by Crippen LogP contribution is 2.27. The van der Waals surface area contributed by atoms with Crippen LogP contribution in [-0.4, -0.2) is 48.6 Å². The summed E-state index contributed by atoms with van der Waals surface area (Å²) >= 11 is 0. The Kier molecular flexibility index (Phi) is 7.67. The van der Waals surface area contributed by atoms with Gasteiger partial charge in [0.1, 0.15) is 0 Å². The van der Waals surface area contributed by atoms with Crippen molar-refractivity contribution in [1.29, 1.82) is 0 Å². The predicted molar refractivity (Wildman–Crippen MR) is 83.9 cm³/mol. The number of imide groups is 1. The molecule has 6 nitrogen and oxygen atoms in total. The Labute approximate surface area is 127 Å². The maximum atomic E-state index is 12.0. The first-order valence-electron chi connectivity index (χ1n) is 8.02. The van der Waals surface area contributed by atoms with Crippen LogP contribution in [0.2, 0.25) is 0 Å². The van der Waals surface area contributed by atoms with Gasteiger partial charge in [0.2, 0.25) is 5.91 Å². The van der Waals surface area contributed by atoms with Crippen molar-refractivity contribution in [3.63, 3.8) is 0 Å². The molecule has 0 spiro atoms. The number of likely N-dealkylation sites (N-methyl/N-ethyl adjacent to an activating group) is 1. The predicted octanol–water partition coefficient (Wildman–Crippen LogP) is 1.06. The van der Waals surface area contributed by atoms with Gasteiger partial charge >= 0.3 is 6.03 Å². The minimum Gasteiger partial charge on any atom is -0.336 e. The fraction of sp³-hybridized carbons (Fsp3) is 0.867. The first kappa shape index (κ1) is 17.9. The second kappa shape index (κ2) is 9.00. The van der Waals surface area contributed by atoms with Crippen molar-refractivity contribution in [1.82, 2.24) is 15.5 Å². The van der Waals surface area contributed by atoms with E-state index < -0.39 is 6.03 Å². The van der Waals surface area contributed by atoms with Gasteiger partial charge in [0.25, 0.3) is 0 Å². The molecule has 1 saturated carbocycles. The molecule has 0 aromatic carbocycles. The quantitative estimate of drug-likeness (QED) is 0.684. The van der Waals surface area contributed by atoms with Crippen LogP contribution < -0.4 is 16.4 Å². The number of nitrogens with one attached hydrogen (secondary N) is 2. The lowest BCUT2D eigenvalue weighted by atomic mass is 9.83. The van der Waals surface area contributed by atoms with Gasteiger partial charge in [0.15, 0.2) is 0 Å². The summed E-state index contributed by atoms with van der Waals surface area (Å²) < 4.78 is 0. The molecule has 1 aliphatic carbocycles. The topological polar surface area (TPSA) is 87.5 Å². The van der Waals surface area contributed by atoms with Gasteiger partial charge in [-0.1, -0.05) is 19.8 Å². The zero-order valence-electron chi connectivity index (χ0n) is 13.5. The third-order valence-electron chi connectivity index (χ3n) is 4.07. The summed E-state index contributed by atoms with van der Waals surface area (Å²) in [6, 6.07) is -0.0576. The summed E-state index contributed by atoms with van der Waals surface area (Å²) in [5, 5.41) is 5.04. The molecule has 2 unspecified atom stereocenters. The Morgan fingerprint density at radius 2 is 1.95 bits per heavy atom. The van der Waals surface area contributed by atoms with Gasteiger partial charge in [0.05, 0.1) is 6.54 Å². The van der Waals surface area contributed by atoms with E-state index in [1.807, 2.05) is 20.8 Å². The first-order chi connectivity index (χ1) is 9.97. The zero-order chi connectivity index (χ0) is 15.8. The van der Waals surface area contributed by atoms with Crippen LogP contribution in [0.1, 0.15) is 46.5 Å². The van der Waals surface area contributed by atoms with Crippen molar-refractivity contribution in [2.75, 3.05) is 19.6 Å². The van der Waals surface area contributed by atoms with Crippen LogP contribution in [-0.2, 0) is 4.79 Å². The minimum absolute atomic E-state index is 0.0139. The summed E-state index contributed by atoms with van der Waals surface area (Å²) in [6.07, 6.45) is 4.63. The Bertz CT molecular complexity index is 347. The third kappa shape index (κ3) is 6.01. The number of nitrogens with zero attached hydrogens (tertiary/aromatic N) is 1. The Morgan fingerprint density at radius 1 is 1.29 bits per heavy atom. The number of carbonyl (C=O) groups excluding carboxylic acids is 2. The van der Waals surface area contributed by atoms with E-state index in [1.165, 1.54) is 12.8 Å². The highest BCUT2D eigenvalue weighted by molar-refractivity contribution is 5.95. The number of carbonyl (C=O) groups is 2. The molecular formula is C15H30N4O2. The van der Waals surface area contributed by atoms with E-state index in [0.717, 1.165) is 19.4 Å². The van der Waals surface area contributed by atoms with Crippen LogP contribution in [0.5, 0.6) is 0 Å². The highest BCUT2D eigenvalue weighted by Gasteiger charge is 2.29. The lowest BCUT2D eigenvalue weighted by molar-refractivity contribution is -0.122. The lowest BCUT2D eigenvalue weighted by Crippen LogP contribution is -2.51. The van der Waals surface area contributed by atoms with Gasteiger partial charge < -0.3 is 11.1 Å². The Hall–Kier alpha value is -1.14. The number of hydrogen-bond donors (Lipinski definition) is 3. The van der Waals surface area contributed by atoms with Gasteiger partial charge in [-0.3, -0.25) is 15.0 Å². The lowest BCUT2D eigenvalue weighted by Gasteiger charge is -2.38. The average Bonchev–Trinajstić information content (AvgIpc) is 2.43. The van der Waals surface area contributed by atoms with Crippen molar-refractivity contribution in [3.05, 3.63) is 0 Å². The Morgan fingerprint density at radius 3 is 2.52 bits per heavy atom. The molecule has 0 bridgehead atoms. The van der Waals surface area contributed by atoms with Gasteiger partial charge in [-0.15, -0.1) is 0 Å². The molecule has 4 N–H and O–H groups in total. The molecule has 0 radical (unpaired) electrons. The second-order valence-corrected chi connectivity index (χ2v) is 6.09. The molecule has 0 saturated heterocycles. The molecule has 0 aliphatic heterocycles. The van der Waals surface area contributed by atoms with Gasteiger partial charge in [-0.05, 0) is 45.7 Å². The average molecular weight is 298 g/mol. The first-order valence-corrected chi connectivity index (χ1v) is 8.02. The molecular weight excluding hydrogens is 268 g/mol. The van der Waals surface area contributed by atoms with Crippen molar-refractivity contribution in [2.24, 2.45) is 11.7 Å². The molecule has 1 rings (SSSR count). The summed E-state index contributed by atoms with van der Waals surface area (Å²) in [5.41, 5.74) is 5.86. The summed E-state index contributed by atoms with van der Waals surface area (Å²) in [7, 11) is 0. The Balaban J connectivity index is 2.52. The van der Waals surface area contributed by atoms with E-state index >= 15 is 0 Å². The molecule has 6 heteroatoms. The van der Waals surface area contributed by atoms with Crippen molar-refractivity contribution < 1.29 is 9.59 Å². The normalized spacial score (nSPS) is 22.4. The van der Waals surface area contributed by atoms with Crippen LogP contribution in [0, 0.1) is 5.92 Å². The summed E-state index contributed by atoms with van der Waals surface area (Å²) in [4.78, 5) is 25.7. The maximum Gasteiger partial charge on any atom is 0.321 e. The van der Waals surface area contributed by atoms with Crippen molar-refractivity contribution >= 4 is 11.9 Å². The molecule has 0 heterocycles. The number of nitrogens with two attached hydrogens (primary N) is 1. The molecule has 1 fully saturated rings. The largest absolute Gasteiger partial charge is 0.336 e. The fourth-order valence-corrected chi connectivity index (χ4v) is 3.06. The molecule has 2 atom stereocenters.